The monoisotopic (exact) mass is 460 g/mol. The summed E-state index contributed by atoms with van der Waals surface area (Å²) >= 11 is 1.41. The van der Waals surface area contributed by atoms with Crippen molar-refractivity contribution in [3.8, 4) is 5.75 Å². The number of nitrogens with one attached hydrogen (secondary N) is 1. The SMILES string of the molecule is CCCC(C)NC(=O)c1cc2cc(N(CC)S(=O)(=O)c3ccc(OC)cc3)ccc2s1. The van der Waals surface area contributed by atoms with Crippen molar-refractivity contribution in [2.24, 2.45) is 0 Å². The molecule has 0 aliphatic carbocycles. The van der Waals surface area contributed by atoms with Crippen LogP contribution in [0, 0.1) is 0 Å². The largest absolute Gasteiger partial charge is 0.497 e. The summed E-state index contributed by atoms with van der Waals surface area (Å²) in [6.45, 7) is 6.16. The summed E-state index contributed by atoms with van der Waals surface area (Å²) < 4.78 is 33.9. The van der Waals surface area contributed by atoms with E-state index in [9.17, 15) is 13.2 Å². The molecule has 2 aromatic carbocycles. The van der Waals surface area contributed by atoms with Gasteiger partial charge in [-0.1, -0.05) is 13.3 Å². The number of ether oxygens (including phenoxy) is 1. The lowest BCUT2D eigenvalue weighted by molar-refractivity contribution is 0.0942. The van der Waals surface area contributed by atoms with Crippen molar-refractivity contribution in [1.82, 2.24) is 5.32 Å². The number of amides is 1. The second-order valence-electron chi connectivity index (χ2n) is 7.34. The van der Waals surface area contributed by atoms with E-state index in [0.717, 1.165) is 22.9 Å². The van der Waals surface area contributed by atoms with Crippen molar-refractivity contribution in [2.75, 3.05) is 18.0 Å². The van der Waals surface area contributed by atoms with Gasteiger partial charge in [0.05, 0.1) is 22.6 Å². The molecule has 1 N–H and O–H groups in total. The molecular weight excluding hydrogens is 432 g/mol. The Bertz CT molecular complexity index is 1150. The van der Waals surface area contributed by atoms with Crippen LogP contribution in [0.5, 0.6) is 5.75 Å². The molecule has 0 spiro atoms. The van der Waals surface area contributed by atoms with E-state index < -0.39 is 10.0 Å². The number of nitrogens with zero attached hydrogens (tertiary/aromatic N) is 1. The van der Waals surface area contributed by atoms with Crippen molar-refractivity contribution in [1.29, 1.82) is 0 Å². The molecule has 1 amide bonds. The number of carbonyl (C=O) groups is 1. The Labute approximate surface area is 187 Å². The van der Waals surface area contributed by atoms with Crippen LogP contribution in [-0.2, 0) is 10.0 Å². The Morgan fingerprint density at radius 1 is 1.13 bits per heavy atom. The third-order valence-corrected chi connectivity index (χ3v) is 8.08. The Morgan fingerprint density at radius 2 is 1.84 bits per heavy atom. The van der Waals surface area contributed by atoms with Crippen molar-refractivity contribution in [3.05, 3.63) is 53.4 Å². The zero-order chi connectivity index (χ0) is 22.6. The van der Waals surface area contributed by atoms with E-state index in [1.807, 2.05) is 25.1 Å². The van der Waals surface area contributed by atoms with Crippen LogP contribution >= 0.6 is 11.3 Å². The molecule has 0 saturated carbocycles. The van der Waals surface area contributed by atoms with E-state index >= 15 is 0 Å². The highest BCUT2D eigenvalue weighted by atomic mass is 32.2. The first-order valence-corrected chi connectivity index (χ1v) is 12.6. The fourth-order valence-corrected chi connectivity index (χ4v) is 5.88. The van der Waals surface area contributed by atoms with Gasteiger partial charge in [0.2, 0.25) is 0 Å². The fraction of sp³-hybridized carbons (Fsp3) is 0.348. The third-order valence-electron chi connectivity index (χ3n) is 5.05. The van der Waals surface area contributed by atoms with Crippen LogP contribution in [0.15, 0.2) is 53.4 Å². The Hall–Kier alpha value is -2.58. The van der Waals surface area contributed by atoms with Gasteiger partial charge in [-0.2, -0.15) is 0 Å². The lowest BCUT2D eigenvalue weighted by Gasteiger charge is -2.23. The first-order chi connectivity index (χ1) is 14.8. The lowest BCUT2D eigenvalue weighted by Crippen LogP contribution is -2.31. The van der Waals surface area contributed by atoms with Crippen molar-refractivity contribution in [2.45, 2.75) is 44.6 Å². The van der Waals surface area contributed by atoms with Gasteiger partial charge in [0.25, 0.3) is 15.9 Å². The van der Waals surface area contributed by atoms with Crippen LogP contribution in [-0.4, -0.2) is 34.0 Å². The van der Waals surface area contributed by atoms with Crippen molar-refractivity contribution in [3.63, 3.8) is 0 Å². The number of sulfonamides is 1. The number of fused-ring (bicyclic) bond motifs is 1. The number of carbonyl (C=O) groups excluding carboxylic acids is 1. The molecular formula is C23H28N2O4S2. The lowest BCUT2D eigenvalue weighted by atomic mass is 10.2. The zero-order valence-corrected chi connectivity index (χ0v) is 19.8. The number of benzene rings is 2. The van der Waals surface area contributed by atoms with Gasteiger partial charge in [-0.25, -0.2) is 8.42 Å². The molecule has 0 aliphatic heterocycles. The number of hydrogen-bond donors (Lipinski definition) is 1. The normalized spacial score (nSPS) is 12.5. The van der Waals surface area contributed by atoms with E-state index in [2.05, 4.69) is 12.2 Å². The number of anilines is 1. The molecule has 3 aromatic rings. The maximum Gasteiger partial charge on any atom is 0.264 e. The predicted octanol–water partition coefficient (Wildman–Crippen LogP) is 5.04. The summed E-state index contributed by atoms with van der Waals surface area (Å²) in [4.78, 5) is 13.4. The Morgan fingerprint density at radius 3 is 2.45 bits per heavy atom. The van der Waals surface area contributed by atoms with Crippen LogP contribution in [0.4, 0.5) is 5.69 Å². The van der Waals surface area contributed by atoms with E-state index in [4.69, 9.17) is 4.74 Å². The molecule has 0 saturated heterocycles. The number of thiophene rings is 1. The van der Waals surface area contributed by atoms with Gasteiger partial charge in [0, 0.05) is 17.3 Å². The third kappa shape index (κ3) is 5.02. The molecule has 1 aromatic heterocycles. The first kappa shape index (κ1) is 23.1. The van der Waals surface area contributed by atoms with Gasteiger partial charge in [0.1, 0.15) is 5.75 Å². The molecule has 166 valence electrons. The van der Waals surface area contributed by atoms with Gasteiger partial charge in [-0.3, -0.25) is 9.10 Å². The summed E-state index contributed by atoms with van der Waals surface area (Å²) in [5, 5.41) is 3.86. The molecule has 1 unspecified atom stereocenters. The van der Waals surface area contributed by atoms with Crippen molar-refractivity contribution >= 4 is 43.0 Å². The van der Waals surface area contributed by atoms with Crippen LogP contribution in [0.25, 0.3) is 10.1 Å². The van der Waals surface area contributed by atoms with Gasteiger partial charge < -0.3 is 10.1 Å². The van der Waals surface area contributed by atoms with Crippen LogP contribution in [0.3, 0.4) is 0 Å². The summed E-state index contributed by atoms with van der Waals surface area (Å²) in [5.41, 5.74) is 0.565. The summed E-state index contributed by atoms with van der Waals surface area (Å²) in [7, 11) is -2.19. The van der Waals surface area contributed by atoms with Gasteiger partial charge in [-0.05, 0) is 74.2 Å². The van der Waals surface area contributed by atoms with E-state index in [-0.39, 0.29) is 23.4 Å². The minimum atomic E-state index is -3.73. The maximum absolute atomic E-state index is 13.2. The summed E-state index contributed by atoms with van der Waals surface area (Å²) in [6.07, 6.45) is 1.93. The van der Waals surface area contributed by atoms with Crippen LogP contribution < -0.4 is 14.4 Å². The minimum Gasteiger partial charge on any atom is -0.497 e. The highest BCUT2D eigenvalue weighted by Gasteiger charge is 2.24. The fourth-order valence-electron chi connectivity index (χ4n) is 3.46. The zero-order valence-electron chi connectivity index (χ0n) is 18.2. The highest BCUT2D eigenvalue weighted by Crippen LogP contribution is 2.32. The Kier molecular flexibility index (Phi) is 7.23. The molecule has 1 heterocycles. The smallest absolute Gasteiger partial charge is 0.264 e. The van der Waals surface area contributed by atoms with Crippen LogP contribution in [0.2, 0.25) is 0 Å². The molecule has 3 rings (SSSR count). The molecule has 0 bridgehead atoms. The molecule has 8 heteroatoms. The number of methoxy groups -OCH3 is 1. The van der Waals surface area contributed by atoms with E-state index in [1.54, 1.807) is 37.3 Å². The minimum absolute atomic E-state index is 0.0955. The van der Waals surface area contributed by atoms with E-state index in [1.165, 1.54) is 22.8 Å². The number of hydrogen-bond acceptors (Lipinski definition) is 5. The molecule has 0 aliphatic rings. The average molecular weight is 461 g/mol. The second-order valence-corrected chi connectivity index (χ2v) is 10.3. The predicted molar refractivity (Wildman–Crippen MR) is 127 cm³/mol. The first-order valence-electron chi connectivity index (χ1n) is 10.3. The highest BCUT2D eigenvalue weighted by molar-refractivity contribution is 7.92. The molecule has 6 nitrogen and oxygen atoms in total. The molecule has 0 radical (unpaired) electrons. The Balaban J connectivity index is 1.90. The molecule has 31 heavy (non-hydrogen) atoms. The maximum atomic E-state index is 13.2. The second kappa shape index (κ2) is 9.70. The quantitative estimate of drug-likeness (QED) is 0.485. The number of rotatable bonds is 9. The summed E-state index contributed by atoms with van der Waals surface area (Å²) in [6, 6.07) is 13.8. The van der Waals surface area contributed by atoms with Gasteiger partial charge in [0.15, 0.2) is 0 Å². The van der Waals surface area contributed by atoms with Crippen molar-refractivity contribution < 1.29 is 17.9 Å². The summed E-state index contributed by atoms with van der Waals surface area (Å²) in [5.74, 6) is 0.502. The topological polar surface area (TPSA) is 75.7 Å². The van der Waals surface area contributed by atoms with E-state index in [0.29, 0.717) is 16.3 Å². The van der Waals surface area contributed by atoms with Gasteiger partial charge >= 0.3 is 0 Å². The molecule has 1 atom stereocenters. The standard InChI is InChI=1S/C23H28N2O4S2/c1-5-7-16(3)24-23(26)22-15-17-14-18(8-13-21(17)30-22)25(6-2)31(27,28)20-11-9-19(29-4)10-12-20/h8-16H,5-7H2,1-4H3,(H,24,26). The molecule has 0 fully saturated rings. The van der Waals surface area contributed by atoms with Crippen LogP contribution in [0.1, 0.15) is 43.3 Å². The van der Waals surface area contributed by atoms with Gasteiger partial charge in [-0.15, -0.1) is 11.3 Å². The average Bonchev–Trinajstić information content (AvgIpc) is 3.18.